The van der Waals surface area contributed by atoms with Gasteiger partial charge in [0.15, 0.2) is 0 Å². The van der Waals surface area contributed by atoms with Crippen LogP contribution in [0.25, 0.3) is 0 Å². The lowest BCUT2D eigenvalue weighted by Gasteiger charge is -2.43. The van der Waals surface area contributed by atoms with E-state index < -0.39 is 17.6 Å². The number of amides is 1. The highest BCUT2D eigenvalue weighted by atomic mass is 16.3. The van der Waals surface area contributed by atoms with E-state index in [1.165, 1.54) is 0 Å². The zero-order valence-electron chi connectivity index (χ0n) is 12.9. The molecule has 0 unspecified atom stereocenters. The Morgan fingerprint density at radius 3 is 2.11 bits per heavy atom. The summed E-state index contributed by atoms with van der Waals surface area (Å²) in [6.07, 6.45) is 2.08. The molecule has 1 fully saturated rings. The molecule has 2 N–H and O–H groups in total. The van der Waals surface area contributed by atoms with Gasteiger partial charge in [0.05, 0.1) is 12.0 Å². The van der Waals surface area contributed by atoms with Crippen molar-refractivity contribution in [1.82, 2.24) is 4.90 Å². The van der Waals surface area contributed by atoms with Gasteiger partial charge in [0.1, 0.15) is 5.60 Å². The lowest BCUT2D eigenvalue weighted by atomic mass is 9.73. The molecule has 1 saturated carbocycles. The molecule has 0 saturated heterocycles. The smallest absolute Gasteiger partial charge is 0.228 e. The van der Waals surface area contributed by atoms with Crippen LogP contribution in [0.3, 0.4) is 0 Å². The van der Waals surface area contributed by atoms with Gasteiger partial charge in [-0.2, -0.15) is 0 Å². The third-order valence-corrected chi connectivity index (χ3v) is 4.37. The van der Waals surface area contributed by atoms with Crippen molar-refractivity contribution in [3.8, 4) is 0 Å². The van der Waals surface area contributed by atoms with Crippen LogP contribution >= 0.6 is 0 Å². The molecule has 3 atom stereocenters. The standard InChI is InChI=1S/C15H29NO3/c1-10(2)16(11(3)4)14(18)12(5)15(19)9-7-6-8-13(15)17/h10-13,17,19H,6-9H2,1-5H3/t12-,13+,15+/m0/s1. The molecule has 0 heterocycles. The van der Waals surface area contributed by atoms with Crippen molar-refractivity contribution in [2.45, 2.75) is 84.1 Å². The molecular formula is C15H29NO3. The molecular weight excluding hydrogens is 242 g/mol. The fourth-order valence-corrected chi connectivity index (χ4v) is 3.21. The SMILES string of the molecule is CC(C)N(C(=O)[C@H](C)[C@]1(O)CCCC[C@H]1O)C(C)C. The molecule has 0 aromatic heterocycles. The summed E-state index contributed by atoms with van der Waals surface area (Å²) in [6.45, 7) is 9.66. The van der Waals surface area contributed by atoms with Gasteiger partial charge < -0.3 is 15.1 Å². The predicted octanol–water partition coefficient (Wildman–Crippen LogP) is 1.93. The zero-order valence-corrected chi connectivity index (χ0v) is 12.9. The second-order valence-corrected chi connectivity index (χ2v) is 6.41. The van der Waals surface area contributed by atoms with Gasteiger partial charge in [-0.05, 0) is 40.5 Å². The van der Waals surface area contributed by atoms with E-state index in [1.807, 2.05) is 27.7 Å². The van der Waals surface area contributed by atoms with Crippen LogP contribution in [-0.2, 0) is 4.79 Å². The van der Waals surface area contributed by atoms with E-state index in [1.54, 1.807) is 11.8 Å². The van der Waals surface area contributed by atoms with Crippen LogP contribution in [0.4, 0.5) is 0 Å². The van der Waals surface area contributed by atoms with Crippen LogP contribution in [-0.4, -0.2) is 44.8 Å². The van der Waals surface area contributed by atoms with Crippen LogP contribution in [0.1, 0.15) is 60.3 Å². The molecule has 0 aromatic rings. The van der Waals surface area contributed by atoms with Gasteiger partial charge in [-0.15, -0.1) is 0 Å². The Kier molecular flexibility index (Phi) is 5.39. The molecule has 1 rings (SSSR count). The van der Waals surface area contributed by atoms with Crippen molar-refractivity contribution in [1.29, 1.82) is 0 Å². The Morgan fingerprint density at radius 2 is 1.68 bits per heavy atom. The lowest BCUT2D eigenvalue weighted by Crippen LogP contribution is -2.57. The van der Waals surface area contributed by atoms with Gasteiger partial charge >= 0.3 is 0 Å². The van der Waals surface area contributed by atoms with E-state index in [9.17, 15) is 15.0 Å². The highest BCUT2D eigenvalue weighted by molar-refractivity contribution is 5.80. The molecule has 0 aromatic carbocycles. The first kappa shape index (κ1) is 16.4. The summed E-state index contributed by atoms with van der Waals surface area (Å²) in [6, 6.07) is 0.193. The first-order valence-electron chi connectivity index (χ1n) is 7.44. The van der Waals surface area contributed by atoms with Gasteiger partial charge in [-0.1, -0.05) is 19.8 Å². The third-order valence-electron chi connectivity index (χ3n) is 4.37. The van der Waals surface area contributed by atoms with Crippen LogP contribution < -0.4 is 0 Å². The summed E-state index contributed by atoms with van der Waals surface area (Å²) in [7, 11) is 0. The van der Waals surface area contributed by atoms with Gasteiger partial charge in [-0.25, -0.2) is 0 Å². The molecule has 0 aliphatic heterocycles. The van der Waals surface area contributed by atoms with Crippen molar-refractivity contribution in [2.24, 2.45) is 5.92 Å². The maximum absolute atomic E-state index is 12.6. The number of hydrogen-bond donors (Lipinski definition) is 2. The summed E-state index contributed by atoms with van der Waals surface area (Å²) in [5, 5.41) is 20.8. The maximum Gasteiger partial charge on any atom is 0.228 e. The van der Waals surface area contributed by atoms with Crippen molar-refractivity contribution in [2.75, 3.05) is 0 Å². The summed E-state index contributed by atoms with van der Waals surface area (Å²) in [5.41, 5.74) is -1.27. The van der Waals surface area contributed by atoms with Crippen molar-refractivity contribution >= 4 is 5.91 Å². The Balaban J connectivity index is 2.91. The van der Waals surface area contributed by atoms with E-state index in [0.29, 0.717) is 12.8 Å². The molecule has 112 valence electrons. The fourth-order valence-electron chi connectivity index (χ4n) is 3.21. The second kappa shape index (κ2) is 6.23. The highest BCUT2D eigenvalue weighted by Gasteiger charge is 2.47. The third kappa shape index (κ3) is 3.29. The number of nitrogens with zero attached hydrogens (tertiary/aromatic N) is 1. The summed E-state index contributed by atoms with van der Waals surface area (Å²) >= 11 is 0. The topological polar surface area (TPSA) is 60.8 Å². The first-order valence-corrected chi connectivity index (χ1v) is 7.44. The number of rotatable bonds is 4. The minimum absolute atomic E-state index is 0.0616. The van der Waals surface area contributed by atoms with Gasteiger partial charge in [0.2, 0.25) is 5.91 Å². The van der Waals surface area contributed by atoms with E-state index >= 15 is 0 Å². The Labute approximate surface area is 116 Å². The molecule has 4 heteroatoms. The summed E-state index contributed by atoms with van der Waals surface area (Å²) in [5.74, 6) is -0.624. The molecule has 0 spiro atoms. The maximum atomic E-state index is 12.6. The molecule has 1 amide bonds. The number of carbonyl (C=O) groups excluding carboxylic acids is 1. The van der Waals surface area contributed by atoms with Crippen molar-refractivity contribution in [3.05, 3.63) is 0 Å². The number of aliphatic hydroxyl groups excluding tert-OH is 1. The van der Waals surface area contributed by atoms with Crippen LogP contribution in [0, 0.1) is 5.92 Å². The van der Waals surface area contributed by atoms with Gasteiger partial charge in [0.25, 0.3) is 0 Å². The van der Waals surface area contributed by atoms with Gasteiger partial charge in [0, 0.05) is 12.1 Å². The Hall–Kier alpha value is -0.610. The monoisotopic (exact) mass is 271 g/mol. The lowest BCUT2D eigenvalue weighted by molar-refractivity contribution is -0.166. The van der Waals surface area contributed by atoms with Crippen LogP contribution in [0.5, 0.6) is 0 Å². The molecule has 0 radical (unpaired) electrons. The summed E-state index contributed by atoms with van der Waals surface area (Å²) in [4.78, 5) is 14.4. The van der Waals surface area contributed by atoms with Gasteiger partial charge in [-0.3, -0.25) is 4.79 Å². The van der Waals surface area contributed by atoms with E-state index in [4.69, 9.17) is 0 Å². The van der Waals surface area contributed by atoms with E-state index in [-0.39, 0.29) is 18.0 Å². The average Bonchev–Trinajstić information content (AvgIpc) is 2.31. The first-order chi connectivity index (χ1) is 8.71. The van der Waals surface area contributed by atoms with Crippen LogP contribution in [0.15, 0.2) is 0 Å². The van der Waals surface area contributed by atoms with E-state index in [2.05, 4.69) is 0 Å². The zero-order chi connectivity index (χ0) is 14.8. The fraction of sp³-hybridized carbons (Fsp3) is 0.933. The molecule has 1 aliphatic carbocycles. The van der Waals surface area contributed by atoms with Crippen molar-refractivity contribution in [3.63, 3.8) is 0 Å². The Bertz CT molecular complexity index is 309. The normalized spacial score (nSPS) is 29.6. The molecule has 1 aliphatic rings. The molecule has 19 heavy (non-hydrogen) atoms. The number of carbonyl (C=O) groups is 1. The predicted molar refractivity (Wildman–Crippen MR) is 75.7 cm³/mol. The number of hydrogen-bond acceptors (Lipinski definition) is 3. The largest absolute Gasteiger partial charge is 0.390 e. The highest BCUT2D eigenvalue weighted by Crippen LogP contribution is 2.36. The van der Waals surface area contributed by atoms with Crippen LogP contribution in [0.2, 0.25) is 0 Å². The number of aliphatic hydroxyl groups is 2. The minimum atomic E-state index is -1.27. The average molecular weight is 271 g/mol. The Morgan fingerprint density at radius 1 is 1.16 bits per heavy atom. The van der Waals surface area contributed by atoms with E-state index in [0.717, 1.165) is 12.8 Å². The minimum Gasteiger partial charge on any atom is -0.390 e. The molecule has 0 bridgehead atoms. The summed E-state index contributed by atoms with van der Waals surface area (Å²) < 4.78 is 0. The quantitative estimate of drug-likeness (QED) is 0.821. The second-order valence-electron chi connectivity index (χ2n) is 6.41. The molecule has 4 nitrogen and oxygen atoms in total. The van der Waals surface area contributed by atoms with Crippen molar-refractivity contribution < 1.29 is 15.0 Å².